The molecule has 0 saturated carbocycles. The Labute approximate surface area is 128 Å². The van der Waals surface area contributed by atoms with Crippen molar-refractivity contribution in [2.24, 2.45) is 0 Å². The average Bonchev–Trinajstić information content (AvgIpc) is 2.80. The number of likely N-dealkylation sites (tertiary alicyclic amines) is 1. The molecule has 0 radical (unpaired) electrons. The molecule has 1 amide bonds. The second-order valence-corrected chi connectivity index (χ2v) is 6.60. The first-order valence-electron chi connectivity index (χ1n) is 7.32. The van der Waals surface area contributed by atoms with Gasteiger partial charge in [0.15, 0.2) is 0 Å². The van der Waals surface area contributed by atoms with Crippen LogP contribution in [0.5, 0.6) is 0 Å². The van der Waals surface area contributed by atoms with Gasteiger partial charge in [0.25, 0.3) is 0 Å². The minimum atomic E-state index is -0.329. The fourth-order valence-corrected chi connectivity index (χ4v) is 2.79. The van der Waals surface area contributed by atoms with Crippen molar-refractivity contribution in [3.05, 3.63) is 30.3 Å². The predicted molar refractivity (Wildman–Crippen MR) is 83.0 cm³/mol. The van der Waals surface area contributed by atoms with E-state index in [4.69, 9.17) is 0 Å². The minimum absolute atomic E-state index is 0.0342. The molecule has 1 saturated heterocycles. The molecule has 1 unspecified atom stereocenters. The summed E-state index contributed by atoms with van der Waals surface area (Å²) in [6.07, 6.45) is 1.86. The second-order valence-electron chi connectivity index (χ2n) is 6.60. The number of hydrogen-bond acceptors (Lipinski definition) is 4. The van der Waals surface area contributed by atoms with Gasteiger partial charge in [-0.2, -0.15) is 0 Å². The van der Waals surface area contributed by atoms with Gasteiger partial charge >= 0.3 is 0 Å². The van der Waals surface area contributed by atoms with Crippen LogP contribution in [-0.2, 0) is 4.79 Å². The van der Waals surface area contributed by atoms with E-state index in [9.17, 15) is 9.18 Å². The number of rotatable bonds is 2. The third-order valence-electron chi connectivity index (χ3n) is 3.87. The molecule has 1 N–H and O–H groups in total. The Bertz CT molecular complexity index is 726. The van der Waals surface area contributed by atoms with Crippen LogP contribution < -0.4 is 5.32 Å². The molecule has 0 spiro atoms. The fraction of sp³-hybridized carbons (Fsp3) is 0.438. The number of nitrogens with zero attached hydrogens (tertiary/aromatic N) is 3. The smallest absolute Gasteiger partial charge is 0.225 e. The number of benzene rings is 1. The van der Waals surface area contributed by atoms with Crippen molar-refractivity contribution in [2.45, 2.75) is 38.8 Å². The molecule has 116 valence electrons. The van der Waals surface area contributed by atoms with E-state index < -0.39 is 0 Å². The molecule has 22 heavy (non-hydrogen) atoms. The lowest BCUT2D eigenvalue weighted by Crippen LogP contribution is -2.43. The molecule has 1 aromatic carbocycles. The number of nitrogens with one attached hydrogen (secondary N) is 1. The summed E-state index contributed by atoms with van der Waals surface area (Å²) in [5.41, 5.74) is 0.476. The summed E-state index contributed by atoms with van der Waals surface area (Å²) in [7, 11) is 0. The molecular formula is C16H19FN4O. The van der Waals surface area contributed by atoms with E-state index in [2.05, 4.69) is 15.3 Å². The zero-order valence-corrected chi connectivity index (χ0v) is 12.9. The highest BCUT2D eigenvalue weighted by atomic mass is 19.1. The summed E-state index contributed by atoms with van der Waals surface area (Å²) in [5.74, 6) is 0.358. The van der Waals surface area contributed by atoms with Crippen molar-refractivity contribution in [1.82, 2.24) is 14.9 Å². The van der Waals surface area contributed by atoms with Crippen molar-refractivity contribution in [3.63, 3.8) is 0 Å². The molecule has 0 bridgehead atoms. The van der Waals surface area contributed by atoms with Crippen LogP contribution >= 0.6 is 0 Å². The number of carbonyl (C=O) groups is 1. The summed E-state index contributed by atoms with van der Waals surface area (Å²) in [4.78, 5) is 22.3. The van der Waals surface area contributed by atoms with Crippen molar-refractivity contribution >= 4 is 22.6 Å². The maximum Gasteiger partial charge on any atom is 0.225 e. The molecule has 3 rings (SSSR count). The van der Waals surface area contributed by atoms with Crippen molar-refractivity contribution < 1.29 is 9.18 Å². The van der Waals surface area contributed by atoms with E-state index >= 15 is 0 Å². The highest BCUT2D eigenvalue weighted by molar-refractivity contribution is 5.89. The molecule has 1 fully saturated rings. The highest BCUT2D eigenvalue weighted by Crippen LogP contribution is 2.26. The van der Waals surface area contributed by atoms with Crippen molar-refractivity contribution in [2.75, 3.05) is 11.9 Å². The van der Waals surface area contributed by atoms with E-state index in [0.717, 1.165) is 0 Å². The largest absolute Gasteiger partial charge is 0.364 e. The summed E-state index contributed by atoms with van der Waals surface area (Å²) < 4.78 is 13.5. The Morgan fingerprint density at radius 3 is 2.77 bits per heavy atom. The third-order valence-corrected chi connectivity index (χ3v) is 3.87. The van der Waals surface area contributed by atoms with Crippen molar-refractivity contribution in [3.8, 4) is 0 Å². The number of halogens is 1. The summed E-state index contributed by atoms with van der Waals surface area (Å²) in [6, 6.07) is 4.38. The first-order chi connectivity index (χ1) is 10.3. The number of carbonyl (C=O) groups excluding carboxylic acids is 1. The zero-order valence-electron chi connectivity index (χ0n) is 12.9. The van der Waals surface area contributed by atoms with Gasteiger partial charge in [0.2, 0.25) is 5.91 Å². The number of amides is 1. The molecule has 1 aromatic heterocycles. The lowest BCUT2D eigenvalue weighted by atomic mass is 10.1. The van der Waals surface area contributed by atoms with Crippen LogP contribution in [0, 0.1) is 5.82 Å². The predicted octanol–water partition coefficient (Wildman–Crippen LogP) is 2.58. The Balaban J connectivity index is 1.86. The minimum Gasteiger partial charge on any atom is -0.364 e. The Morgan fingerprint density at radius 1 is 1.32 bits per heavy atom. The molecule has 1 atom stereocenters. The molecule has 0 aliphatic carbocycles. The van der Waals surface area contributed by atoms with Crippen LogP contribution in [0.25, 0.3) is 10.9 Å². The summed E-state index contributed by atoms with van der Waals surface area (Å²) in [6.45, 7) is 6.66. The van der Waals surface area contributed by atoms with Gasteiger partial charge < -0.3 is 10.2 Å². The first kappa shape index (κ1) is 14.7. The second kappa shape index (κ2) is 5.19. The van der Waals surface area contributed by atoms with E-state index in [1.54, 1.807) is 6.07 Å². The Hall–Kier alpha value is -2.24. The van der Waals surface area contributed by atoms with Gasteiger partial charge in [-0.1, -0.05) is 0 Å². The quantitative estimate of drug-likeness (QED) is 0.926. The van der Waals surface area contributed by atoms with E-state index in [1.165, 1.54) is 18.5 Å². The normalized spacial score (nSPS) is 19.0. The van der Waals surface area contributed by atoms with E-state index in [-0.39, 0.29) is 23.3 Å². The van der Waals surface area contributed by atoms with Gasteiger partial charge in [0.1, 0.15) is 18.0 Å². The van der Waals surface area contributed by atoms with Gasteiger partial charge in [0, 0.05) is 23.9 Å². The van der Waals surface area contributed by atoms with Crippen molar-refractivity contribution in [1.29, 1.82) is 0 Å². The summed E-state index contributed by atoms with van der Waals surface area (Å²) >= 11 is 0. The highest BCUT2D eigenvalue weighted by Gasteiger charge is 2.36. The van der Waals surface area contributed by atoms with Gasteiger partial charge in [0.05, 0.1) is 11.6 Å². The molecule has 5 nitrogen and oxygen atoms in total. The zero-order chi connectivity index (χ0) is 15.9. The lowest BCUT2D eigenvalue weighted by Gasteiger charge is -2.32. The van der Waals surface area contributed by atoms with Crippen LogP contribution in [0.3, 0.4) is 0 Å². The van der Waals surface area contributed by atoms with Gasteiger partial charge in [-0.25, -0.2) is 14.4 Å². The maximum atomic E-state index is 13.5. The molecule has 1 aliphatic heterocycles. The van der Waals surface area contributed by atoms with Crippen LogP contribution in [-0.4, -0.2) is 38.9 Å². The SMILES string of the molecule is CC(C)(C)N1CC(Nc2ncnc3ccc(F)cc23)CC1=O. The van der Waals surface area contributed by atoms with Gasteiger partial charge in [-0.05, 0) is 39.0 Å². The third kappa shape index (κ3) is 2.73. The lowest BCUT2D eigenvalue weighted by molar-refractivity contribution is -0.131. The molecule has 2 aromatic rings. The number of fused-ring (bicyclic) bond motifs is 1. The van der Waals surface area contributed by atoms with Crippen LogP contribution in [0.1, 0.15) is 27.2 Å². The molecule has 6 heteroatoms. The van der Waals surface area contributed by atoms with Crippen LogP contribution in [0.2, 0.25) is 0 Å². The van der Waals surface area contributed by atoms with Gasteiger partial charge in [-0.3, -0.25) is 4.79 Å². The van der Waals surface area contributed by atoms with E-state index in [1.807, 2.05) is 25.7 Å². The van der Waals surface area contributed by atoms with Crippen LogP contribution in [0.4, 0.5) is 10.2 Å². The number of anilines is 1. The number of aromatic nitrogens is 2. The molecule has 2 heterocycles. The van der Waals surface area contributed by atoms with Gasteiger partial charge in [-0.15, -0.1) is 0 Å². The number of hydrogen-bond donors (Lipinski definition) is 1. The molecule has 1 aliphatic rings. The summed E-state index contributed by atoms with van der Waals surface area (Å²) in [5, 5.41) is 3.89. The van der Waals surface area contributed by atoms with Crippen LogP contribution in [0.15, 0.2) is 24.5 Å². The first-order valence-corrected chi connectivity index (χ1v) is 7.32. The Morgan fingerprint density at radius 2 is 2.09 bits per heavy atom. The maximum absolute atomic E-state index is 13.5. The topological polar surface area (TPSA) is 58.1 Å². The molecular weight excluding hydrogens is 283 g/mol. The average molecular weight is 302 g/mol. The Kier molecular flexibility index (Phi) is 3.47. The monoisotopic (exact) mass is 302 g/mol. The fourth-order valence-electron chi connectivity index (χ4n) is 2.79. The van der Waals surface area contributed by atoms with E-state index in [0.29, 0.717) is 29.7 Å². The standard InChI is InChI=1S/C16H19FN4O/c1-16(2,3)21-8-11(7-14(21)22)20-15-12-6-10(17)4-5-13(12)18-9-19-15/h4-6,9,11H,7-8H2,1-3H3,(H,18,19,20).